The minimum atomic E-state index is -6.12. The van der Waals surface area contributed by atoms with Gasteiger partial charge in [-0.3, -0.25) is 0 Å². The molecule has 0 N–H and O–H groups in total. The Morgan fingerprint density at radius 3 is 2.52 bits per heavy atom. The van der Waals surface area contributed by atoms with E-state index >= 15 is 0 Å². The van der Waals surface area contributed by atoms with Crippen LogP contribution in [0.4, 0.5) is 17.6 Å². The summed E-state index contributed by atoms with van der Waals surface area (Å²) in [7, 11) is -6.12. The number of carboxylic acid groups (broad SMARTS) is 1. The molecule has 0 fully saturated rings. The maximum Gasteiger partial charge on any atom is 0.534 e. The van der Waals surface area contributed by atoms with Gasteiger partial charge >= 0.3 is 15.6 Å². The molecule has 2 aromatic heterocycles. The topological polar surface area (TPSA) is 114 Å². The van der Waals surface area contributed by atoms with Crippen LogP contribution in [0.3, 0.4) is 0 Å². The summed E-state index contributed by atoms with van der Waals surface area (Å²) >= 11 is 0. The fourth-order valence-electron chi connectivity index (χ4n) is 1.39. The predicted molar refractivity (Wildman–Crippen MR) is 61.3 cm³/mol. The number of alkyl halides is 3. The van der Waals surface area contributed by atoms with Crippen LogP contribution in [-0.4, -0.2) is 34.7 Å². The number of halogens is 4. The lowest BCUT2D eigenvalue weighted by Gasteiger charge is -2.10. The third-order valence-corrected chi connectivity index (χ3v) is 3.29. The highest BCUT2D eigenvalue weighted by atomic mass is 32.2. The highest BCUT2D eigenvalue weighted by Gasteiger charge is 2.49. The van der Waals surface area contributed by atoms with E-state index in [1.54, 1.807) is 0 Å². The van der Waals surface area contributed by atoms with Crippen LogP contribution in [0.2, 0.25) is 0 Å². The smallest absolute Gasteiger partial charge is 0.534 e. The highest BCUT2D eigenvalue weighted by Crippen LogP contribution is 2.29. The van der Waals surface area contributed by atoms with E-state index < -0.39 is 44.8 Å². The molecule has 0 spiro atoms. The monoisotopic (exact) mass is 354 g/mol. The van der Waals surface area contributed by atoms with Crippen molar-refractivity contribution in [1.82, 2.24) is 14.8 Å². The van der Waals surface area contributed by atoms with Crippen LogP contribution in [0, 0.1) is 5.95 Å². The van der Waals surface area contributed by atoms with Gasteiger partial charge in [0.25, 0.3) is 0 Å². The molecule has 2 heterocycles. The van der Waals surface area contributed by atoms with Crippen molar-refractivity contribution >= 4 is 16.1 Å². The lowest BCUT2D eigenvalue weighted by molar-refractivity contribution is -0.255. The average Bonchev–Trinajstić information content (AvgIpc) is 2.81. The Hall–Kier alpha value is -2.70. The number of rotatable bonds is 4. The largest absolute Gasteiger partial charge is 0.543 e. The zero-order chi connectivity index (χ0) is 17.4. The molecule has 0 amide bonds. The summed E-state index contributed by atoms with van der Waals surface area (Å²) in [5, 5.41) is 13.9. The quantitative estimate of drug-likeness (QED) is 0.328. The minimum Gasteiger partial charge on any atom is -0.543 e. The van der Waals surface area contributed by atoms with Gasteiger partial charge in [-0.15, -0.1) is 0 Å². The Labute approximate surface area is 125 Å². The Bertz CT molecular complexity index is 862. The molecule has 0 aliphatic rings. The molecule has 0 saturated heterocycles. The average molecular weight is 354 g/mol. The zero-order valence-electron chi connectivity index (χ0n) is 10.6. The molecular formula is C10H4F4N3O5S-. The zero-order valence-corrected chi connectivity index (χ0v) is 11.4. The van der Waals surface area contributed by atoms with Crippen LogP contribution in [-0.2, 0) is 10.1 Å². The molecule has 0 atom stereocenters. The molecular weight excluding hydrogens is 350 g/mol. The molecule has 0 radical (unpaired) electrons. The van der Waals surface area contributed by atoms with Crippen molar-refractivity contribution in [3.05, 3.63) is 36.0 Å². The summed E-state index contributed by atoms with van der Waals surface area (Å²) in [4.78, 5) is 13.9. The Morgan fingerprint density at radius 1 is 1.35 bits per heavy atom. The molecule has 23 heavy (non-hydrogen) atoms. The third kappa shape index (κ3) is 3.23. The van der Waals surface area contributed by atoms with Gasteiger partial charge in [-0.25, -0.2) is 4.98 Å². The lowest BCUT2D eigenvalue weighted by atomic mass is 10.4. The maximum atomic E-state index is 13.6. The minimum absolute atomic E-state index is 0.205. The van der Waals surface area contributed by atoms with E-state index in [0.717, 1.165) is 18.3 Å². The van der Waals surface area contributed by atoms with Crippen molar-refractivity contribution < 1.29 is 40.1 Å². The number of hydrogen-bond acceptors (Lipinski definition) is 7. The van der Waals surface area contributed by atoms with Gasteiger partial charge in [-0.2, -0.15) is 35.8 Å². The molecule has 0 aliphatic carbocycles. The number of carboxylic acids is 1. The van der Waals surface area contributed by atoms with Crippen molar-refractivity contribution in [3.8, 4) is 11.6 Å². The van der Waals surface area contributed by atoms with Crippen LogP contribution in [0.25, 0.3) is 5.69 Å². The van der Waals surface area contributed by atoms with Gasteiger partial charge in [-0.1, -0.05) is 0 Å². The summed E-state index contributed by atoms with van der Waals surface area (Å²) in [5.74, 6) is -4.40. The number of nitrogens with zero attached hydrogens (tertiary/aromatic N) is 3. The molecule has 2 rings (SSSR count). The predicted octanol–water partition coefficient (Wildman–Crippen LogP) is -0.00170. The molecule has 0 aliphatic heterocycles. The van der Waals surface area contributed by atoms with E-state index in [-0.39, 0.29) is 4.68 Å². The van der Waals surface area contributed by atoms with Gasteiger partial charge in [0, 0.05) is 12.3 Å². The summed E-state index contributed by atoms with van der Waals surface area (Å²) in [6.07, 6.45) is 0.995. The van der Waals surface area contributed by atoms with E-state index in [1.165, 1.54) is 0 Å². The van der Waals surface area contributed by atoms with Crippen LogP contribution in [0.1, 0.15) is 10.5 Å². The number of carbonyl (C=O) groups excluding carboxylic acids is 1. The first-order chi connectivity index (χ1) is 10.5. The number of aromatic nitrogens is 3. The molecule has 124 valence electrons. The summed E-state index contributed by atoms with van der Waals surface area (Å²) in [6.45, 7) is 0. The second kappa shape index (κ2) is 5.49. The van der Waals surface area contributed by atoms with Gasteiger partial charge in [0.2, 0.25) is 11.8 Å². The highest BCUT2D eigenvalue weighted by molar-refractivity contribution is 7.87. The molecule has 0 unspecified atom stereocenters. The van der Waals surface area contributed by atoms with Gasteiger partial charge in [0.05, 0.1) is 5.97 Å². The number of pyridine rings is 1. The maximum absolute atomic E-state index is 13.6. The normalized spacial score (nSPS) is 12.2. The first-order valence-corrected chi connectivity index (χ1v) is 6.87. The molecule has 0 saturated carbocycles. The molecule has 2 aromatic rings. The summed E-state index contributed by atoms with van der Waals surface area (Å²) in [6, 6.07) is 2.45. The number of hydrogen-bond donors (Lipinski definition) is 0. The first-order valence-electron chi connectivity index (χ1n) is 5.46. The van der Waals surface area contributed by atoms with Crippen LogP contribution in [0.15, 0.2) is 24.4 Å². The molecule has 8 nitrogen and oxygen atoms in total. The second-order valence-corrected chi connectivity index (χ2v) is 5.40. The van der Waals surface area contributed by atoms with E-state index in [9.17, 15) is 35.9 Å². The fourth-order valence-corrected chi connectivity index (χ4v) is 1.83. The fraction of sp³-hybridized carbons (Fsp3) is 0.100. The van der Waals surface area contributed by atoms with Crippen molar-refractivity contribution in [1.29, 1.82) is 0 Å². The van der Waals surface area contributed by atoms with Crippen molar-refractivity contribution in [2.75, 3.05) is 0 Å². The van der Waals surface area contributed by atoms with E-state index in [2.05, 4.69) is 14.3 Å². The first kappa shape index (κ1) is 16.7. The molecule has 13 heteroatoms. The standard InChI is InChI=1S/C10H5F4N3O5S/c11-8-6(2-1-3-15-8)17-7(4-5(16-17)9(18)19)22-23(20,21)10(12,13)14/h1-4H,(H,18,19)/p-1. The second-order valence-electron chi connectivity index (χ2n) is 3.86. The van der Waals surface area contributed by atoms with Crippen molar-refractivity contribution in [2.24, 2.45) is 0 Å². The SMILES string of the molecule is O=C([O-])c1cc(OS(=O)(=O)C(F)(F)F)n(-c2cccnc2F)n1. The van der Waals surface area contributed by atoms with E-state index in [4.69, 9.17) is 0 Å². The van der Waals surface area contributed by atoms with Crippen LogP contribution in [0.5, 0.6) is 5.88 Å². The lowest BCUT2D eigenvalue weighted by Crippen LogP contribution is -2.28. The Morgan fingerprint density at radius 2 is 2.00 bits per heavy atom. The van der Waals surface area contributed by atoms with Gasteiger partial charge in [0.1, 0.15) is 11.4 Å². The molecule has 0 bridgehead atoms. The van der Waals surface area contributed by atoms with Gasteiger partial charge in [0.15, 0.2) is 0 Å². The van der Waals surface area contributed by atoms with E-state index in [1.807, 2.05) is 0 Å². The van der Waals surface area contributed by atoms with E-state index in [0.29, 0.717) is 6.07 Å². The number of carbonyl (C=O) groups is 1. The van der Waals surface area contributed by atoms with Crippen LogP contribution < -0.4 is 9.29 Å². The van der Waals surface area contributed by atoms with Gasteiger partial charge in [-0.05, 0) is 12.1 Å². The Balaban J connectivity index is 2.60. The summed E-state index contributed by atoms with van der Waals surface area (Å²) in [5.41, 5.74) is -7.38. The van der Waals surface area contributed by atoms with Crippen molar-refractivity contribution in [3.63, 3.8) is 0 Å². The Kier molecular flexibility index (Phi) is 3.98. The summed E-state index contributed by atoms with van der Waals surface area (Å²) < 4.78 is 76.6. The molecule has 0 aromatic carbocycles. The van der Waals surface area contributed by atoms with Crippen LogP contribution >= 0.6 is 0 Å². The van der Waals surface area contributed by atoms with Gasteiger partial charge < -0.3 is 14.1 Å². The van der Waals surface area contributed by atoms with Crippen molar-refractivity contribution in [2.45, 2.75) is 5.51 Å². The third-order valence-electron chi connectivity index (χ3n) is 2.33. The number of aromatic carboxylic acids is 1.